The van der Waals surface area contributed by atoms with Gasteiger partial charge in [-0.3, -0.25) is 10.1 Å². The van der Waals surface area contributed by atoms with Gasteiger partial charge in [0, 0.05) is 6.07 Å². The SMILES string of the molecule is CNCCC=Cc1cc(C)ccc1[N+](=O)[O-]. The Morgan fingerprint density at radius 3 is 2.88 bits per heavy atom. The molecule has 0 saturated carbocycles. The lowest BCUT2D eigenvalue weighted by Crippen LogP contribution is -2.05. The summed E-state index contributed by atoms with van der Waals surface area (Å²) in [6.45, 7) is 2.80. The zero-order valence-corrected chi connectivity index (χ0v) is 9.56. The normalized spacial score (nSPS) is 10.9. The predicted molar refractivity (Wildman–Crippen MR) is 65.4 cm³/mol. The van der Waals surface area contributed by atoms with E-state index in [0.29, 0.717) is 5.56 Å². The number of aryl methyl sites for hydroxylation is 1. The highest BCUT2D eigenvalue weighted by Crippen LogP contribution is 2.21. The van der Waals surface area contributed by atoms with Gasteiger partial charge in [0.15, 0.2) is 0 Å². The smallest absolute Gasteiger partial charge is 0.276 e. The van der Waals surface area contributed by atoms with Gasteiger partial charge in [0.05, 0.1) is 10.5 Å². The summed E-state index contributed by atoms with van der Waals surface area (Å²) in [6.07, 6.45) is 4.61. The molecule has 86 valence electrons. The molecule has 0 aliphatic heterocycles. The molecule has 1 aromatic rings. The molecule has 0 aliphatic carbocycles. The van der Waals surface area contributed by atoms with Crippen LogP contribution in [0.2, 0.25) is 0 Å². The Hall–Kier alpha value is -1.68. The van der Waals surface area contributed by atoms with Crippen LogP contribution in [0.3, 0.4) is 0 Å². The molecule has 0 saturated heterocycles. The van der Waals surface area contributed by atoms with Gasteiger partial charge >= 0.3 is 0 Å². The highest BCUT2D eigenvalue weighted by molar-refractivity contribution is 5.61. The van der Waals surface area contributed by atoms with Gasteiger partial charge in [-0.25, -0.2) is 0 Å². The fraction of sp³-hybridized carbons (Fsp3) is 0.333. The molecule has 0 spiro atoms. The maximum Gasteiger partial charge on any atom is 0.276 e. The lowest BCUT2D eigenvalue weighted by atomic mass is 10.1. The fourth-order valence-electron chi connectivity index (χ4n) is 1.41. The monoisotopic (exact) mass is 220 g/mol. The van der Waals surface area contributed by atoms with Crippen molar-refractivity contribution in [3.63, 3.8) is 0 Å². The van der Waals surface area contributed by atoms with Crippen LogP contribution in [-0.4, -0.2) is 18.5 Å². The zero-order valence-electron chi connectivity index (χ0n) is 9.56. The molecule has 0 unspecified atom stereocenters. The number of nitrogens with one attached hydrogen (secondary N) is 1. The van der Waals surface area contributed by atoms with E-state index in [1.807, 2.05) is 32.2 Å². The second kappa shape index (κ2) is 6.02. The summed E-state index contributed by atoms with van der Waals surface area (Å²) >= 11 is 0. The highest BCUT2D eigenvalue weighted by atomic mass is 16.6. The van der Waals surface area contributed by atoms with Crippen LogP contribution in [0.15, 0.2) is 24.3 Å². The van der Waals surface area contributed by atoms with E-state index < -0.39 is 0 Å². The summed E-state index contributed by atoms with van der Waals surface area (Å²) in [5.41, 5.74) is 1.85. The van der Waals surface area contributed by atoms with Crippen molar-refractivity contribution in [1.29, 1.82) is 0 Å². The Balaban J connectivity index is 2.88. The Labute approximate surface area is 95.1 Å². The molecule has 0 aromatic heterocycles. The van der Waals surface area contributed by atoms with Gasteiger partial charge in [0.1, 0.15) is 0 Å². The van der Waals surface area contributed by atoms with E-state index in [2.05, 4.69) is 5.32 Å². The minimum Gasteiger partial charge on any atom is -0.319 e. The summed E-state index contributed by atoms with van der Waals surface area (Å²) in [5.74, 6) is 0. The van der Waals surface area contributed by atoms with Crippen molar-refractivity contribution in [2.75, 3.05) is 13.6 Å². The number of hydrogen-bond donors (Lipinski definition) is 1. The largest absolute Gasteiger partial charge is 0.319 e. The van der Waals surface area contributed by atoms with Gasteiger partial charge in [-0.15, -0.1) is 0 Å². The Kier molecular flexibility index (Phi) is 4.66. The number of hydrogen-bond acceptors (Lipinski definition) is 3. The van der Waals surface area contributed by atoms with Crippen molar-refractivity contribution in [1.82, 2.24) is 5.32 Å². The minimum atomic E-state index is -0.350. The standard InChI is InChI=1S/C12H16N2O2/c1-10-6-7-12(14(15)16)11(9-10)5-3-4-8-13-2/h3,5-7,9,13H,4,8H2,1-2H3. The molecule has 0 heterocycles. The highest BCUT2D eigenvalue weighted by Gasteiger charge is 2.10. The Morgan fingerprint density at radius 2 is 2.25 bits per heavy atom. The van der Waals surface area contributed by atoms with Crippen molar-refractivity contribution < 1.29 is 4.92 Å². The van der Waals surface area contributed by atoms with Crippen molar-refractivity contribution >= 4 is 11.8 Å². The average Bonchev–Trinajstić information content (AvgIpc) is 2.24. The van der Waals surface area contributed by atoms with E-state index in [-0.39, 0.29) is 10.6 Å². The van der Waals surface area contributed by atoms with E-state index >= 15 is 0 Å². The Bertz CT molecular complexity index is 400. The molecule has 0 bridgehead atoms. The van der Waals surface area contributed by atoms with Crippen LogP contribution < -0.4 is 5.32 Å². The van der Waals surface area contributed by atoms with Crippen molar-refractivity contribution in [3.05, 3.63) is 45.5 Å². The molecule has 4 nitrogen and oxygen atoms in total. The molecule has 1 rings (SSSR count). The second-order valence-electron chi connectivity index (χ2n) is 3.61. The van der Waals surface area contributed by atoms with Crippen LogP contribution in [0.4, 0.5) is 5.69 Å². The molecule has 0 atom stereocenters. The number of nitro groups is 1. The van der Waals surface area contributed by atoms with Crippen LogP contribution in [0.1, 0.15) is 17.5 Å². The quantitative estimate of drug-likeness (QED) is 0.471. The lowest BCUT2D eigenvalue weighted by Gasteiger charge is -1.99. The summed E-state index contributed by atoms with van der Waals surface area (Å²) in [5, 5.41) is 13.8. The number of nitrogens with zero attached hydrogens (tertiary/aromatic N) is 1. The molecule has 0 radical (unpaired) electrons. The van der Waals surface area contributed by atoms with Gasteiger partial charge in [-0.2, -0.15) is 0 Å². The molecule has 0 amide bonds. The predicted octanol–water partition coefficient (Wildman–Crippen LogP) is 2.53. The average molecular weight is 220 g/mol. The van der Waals surface area contributed by atoms with Crippen LogP contribution >= 0.6 is 0 Å². The van der Waals surface area contributed by atoms with E-state index in [0.717, 1.165) is 18.5 Å². The Morgan fingerprint density at radius 1 is 1.50 bits per heavy atom. The van der Waals surface area contributed by atoms with E-state index in [1.165, 1.54) is 0 Å². The lowest BCUT2D eigenvalue weighted by molar-refractivity contribution is -0.385. The first-order chi connectivity index (χ1) is 7.65. The molecule has 0 fully saturated rings. The van der Waals surface area contributed by atoms with Crippen LogP contribution in [0.5, 0.6) is 0 Å². The topological polar surface area (TPSA) is 55.2 Å². The number of nitro benzene ring substituents is 1. The minimum absolute atomic E-state index is 0.159. The van der Waals surface area contributed by atoms with Gasteiger partial charge < -0.3 is 5.32 Å². The molecule has 0 aliphatic rings. The van der Waals surface area contributed by atoms with Gasteiger partial charge in [-0.05, 0) is 33.0 Å². The third-order valence-corrected chi connectivity index (χ3v) is 2.24. The molecule has 1 N–H and O–H groups in total. The fourth-order valence-corrected chi connectivity index (χ4v) is 1.41. The molecule has 1 aromatic carbocycles. The van der Waals surface area contributed by atoms with Crippen LogP contribution in [-0.2, 0) is 0 Å². The summed E-state index contributed by atoms with van der Waals surface area (Å²) in [7, 11) is 1.88. The second-order valence-corrected chi connectivity index (χ2v) is 3.61. The first-order valence-corrected chi connectivity index (χ1v) is 5.21. The third kappa shape index (κ3) is 3.47. The first kappa shape index (κ1) is 12.4. The summed E-state index contributed by atoms with van der Waals surface area (Å²) in [6, 6.07) is 5.13. The number of benzene rings is 1. The maximum absolute atomic E-state index is 10.8. The van der Waals surface area contributed by atoms with E-state index in [4.69, 9.17) is 0 Å². The van der Waals surface area contributed by atoms with Gasteiger partial charge in [-0.1, -0.05) is 23.8 Å². The van der Waals surface area contributed by atoms with Crippen molar-refractivity contribution in [2.24, 2.45) is 0 Å². The zero-order chi connectivity index (χ0) is 12.0. The van der Waals surface area contributed by atoms with Gasteiger partial charge in [0.2, 0.25) is 0 Å². The van der Waals surface area contributed by atoms with Gasteiger partial charge in [0.25, 0.3) is 5.69 Å². The summed E-state index contributed by atoms with van der Waals surface area (Å²) in [4.78, 5) is 10.4. The number of rotatable bonds is 5. The molecular weight excluding hydrogens is 204 g/mol. The van der Waals surface area contributed by atoms with Crippen LogP contribution in [0.25, 0.3) is 6.08 Å². The summed E-state index contributed by atoms with van der Waals surface area (Å²) < 4.78 is 0. The molecule has 16 heavy (non-hydrogen) atoms. The first-order valence-electron chi connectivity index (χ1n) is 5.21. The molecular formula is C12H16N2O2. The maximum atomic E-state index is 10.8. The van der Waals surface area contributed by atoms with E-state index in [9.17, 15) is 10.1 Å². The van der Waals surface area contributed by atoms with Crippen molar-refractivity contribution in [2.45, 2.75) is 13.3 Å². The van der Waals surface area contributed by atoms with E-state index in [1.54, 1.807) is 12.1 Å². The van der Waals surface area contributed by atoms with Crippen molar-refractivity contribution in [3.8, 4) is 0 Å². The molecule has 4 heteroatoms. The van der Waals surface area contributed by atoms with Crippen LogP contribution in [0, 0.1) is 17.0 Å². The third-order valence-electron chi connectivity index (χ3n) is 2.24.